The van der Waals surface area contributed by atoms with Crippen molar-refractivity contribution in [3.05, 3.63) is 23.8 Å². The van der Waals surface area contributed by atoms with Gasteiger partial charge in [-0.3, -0.25) is 4.79 Å². The molecule has 0 aliphatic heterocycles. The predicted molar refractivity (Wildman–Crippen MR) is 70.8 cm³/mol. The molecule has 3 N–H and O–H groups in total. The number of nitrogens with two attached hydrogens (primary N) is 1. The number of anilines is 1. The highest BCUT2D eigenvalue weighted by Crippen LogP contribution is 2.22. The van der Waals surface area contributed by atoms with Crippen molar-refractivity contribution in [1.29, 1.82) is 0 Å². The van der Waals surface area contributed by atoms with E-state index in [9.17, 15) is 4.79 Å². The molecule has 0 bridgehead atoms. The topological polar surface area (TPSA) is 73.6 Å². The standard InChI is InChI=1S/C13H20N2O3/c1-13(2,8-17-3)15-12(16)9-5-6-10(14)11(7-9)18-4/h5-7H,8,14H2,1-4H3,(H,15,16). The van der Waals surface area contributed by atoms with Crippen molar-refractivity contribution in [3.8, 4) is 5.75 Å². The van der Waals surface area contributed by atoms with Gasteiger partial charge in [-0.25, -0.2) is 0 Å². The van der Waals surface area contributed by atoms with Crippen molar-refractivity contribution in [2.24, 2.45) is 0 Å². The highest BCUT2D eigenvalue weighted by atomic mass is 16.5. The third-order valence-corrected chi connectivity index (χ3v) is 2.45. The van der Waals surface area contributed by atoms with Crippen molar-refractivity contribution in [2.75, 3.05) is 26.6 Å². The number of methoxy groups -OCH3 is 2. The number of ether oxygens (including phenoxy) is 2. The smallest absolute Gasteiger partial charge is 0.251 e. The van der Waals surface area contributed by atoms with Crippen molar-refractivity contribution < 1.29 is 14.3 Å². The van der Waals surface area contributed by atoms with Crippen LogP contribution in [0.15, 0.2) is 18.2 Å². The van der Waals surface area contributed by atoms with Crippen LogP contribution in [0.4, 0.5) is 5.69 Å². The van der Waals surface area contributed by atoms with Crippen LogP contribution in [0.3, 0.4) is 0 Å². The molecule has 5 nitrogen and oxygen atoms in total. The van der Waals surface area contributed by atoms with Gasteiger partial charge in [0.15, 0.2) is 0 Å². The summed E-state index contributed by atoms with van der Waals surface area (Å²) in [6.45, 7) is 4.22. The van der Waals surface area contributed by atoms with E-state index in [0.717, 1.165) is 0 Å². The molecule has 0 saturated carbocycles. The Bertz CT molecular complexity index is 430. The second kappa shape index (κ2) is 5.73. The Morgan fingerprint density at radius 1 is 1.39 bits per heavy atom. The van der Waals surface area contributed by atoms with Gasteiger partial charge in [-0.2, -0.15) is 0 Å². The molecule has 0 saturated heterocycles. The van der Waals surface area contributed by atoms with Gasteiger partial charge in [-0.05, 0) is 32.0 Å². The zero-order chi connectivity index (χ0) is 13.8. The number of hydrogen-bond acceptors (Lipinski definition) is 4. The first-order valence-electron chi connectivity index (χ1n) is 5.64. The van der Waals surface area contributed by atoms with Gasteiger partial charge in [0.2, 0.25) is 0 Å². The molecule has 1 aromatic carbocycles. The molecule has 100 valence electrons. The van der Waals surface area contributed by atoms with Crippen LogP contribution in [0.2, 0.25) is 0 Å². The van der Waals surface area contributed by atoms with Crippen LogP contribution in [0, 0.1) is 0 Å². The van der Waals surface area contributed by atoms with Gasteiger partial charge in [-0.15, -0.1) is 0 Å². The van der Waals surface area contributed by atoms with Crippen molar-refractivity contribution in [2.45, 2.75) is 19.4 Å². The van der Waals surface area contributed by atoms with Gasteiger partial charge in [0.25, 0.3) is 5.91 Å². The molecule has 0 spiro atoms. The zero-order valence-corrected chi connectivity index (χ0v) is 11.2. The van der Waals surface area contributed by atoms with E-state index in [-0.39, 0.29) is 5.91 Å². The number of carbonyl (C=O) groups is 1. The lowest BCUT2D eigenvalue weighted by atomic mass is 10.1. The SMILES string of the molecule is COCC(C)(C)NC(=O)c1ccc(N)c(OC)c1. The van der Waals surface area contributed by atoms with Gasteiger partial charge in [-0.1, -0.05) is 0 Å². The van der Waals surface area contributed by atoms with Gasteiger partial charge >= 0.3 is 0 Å². The lowest BCUT2D eigenvalue weighted by Gasteiger charge is -2.25. The number of nitrogen functional groups attached to an aromatic ring is 1. The normalized spacial score (nSPS) is 11.1. The Hall–Kier alpha value is -1.75. The van der Waals surface area contributed by atoms with Gasteiger partial charge in [0.1, 0.15) is 5.75 Å². The maximum Gasteiger partial charge on any atom is 0.251 e. The van der Waals surface area contributed by atoms with E-state index in [2.05, 4.69) is 5.32 Å². The van der Waals surface area contributed by atoms with E-state index in [1.54, 1.807) is 25.3 Å². The Morgan fingerprint density at radius 3 is 2.61 bits per heavy atom. The summed E-state index contributed by atoms with van der Waals surface area (Å²) in [5.41, 5.74) is 6.28. The highest BCUT2D eigenvalue weighted by molar-refractivity contribution is 5.95. The van der Waals surface area contributed by atoms with Crippen LogP contribution in [0.5, 0.6) is 5.75 Å². The number of amides is 1. The fourth-order valence-corrected chi connectivity index (χ4v) is 1.63. The quantitative estimate of drug-likeness (QED) is 0.777. The summed E-state index contributed by atoms with van der Waals surface area (Å²) in [7, 11) is 3.11. The Morgan fingerprint density at radius 2 is 2.06 bits per heavy atom. The molecule has 5 heteroatoms. The maximum absolute atomic E-state index is 12.1. The van der Waals surface area contributed by atoms with E-state index in [0.29, 0.717) is 23.6 Å². The lowest BCUT2D eigenvalue weighted by molar-refractivity contribution is 0.0819. The molecule has 0 radical (unpaired) electrons. The van der Waals surface area contributed by atoms with E-state index < -0.39 is 5.54 Å². The minimum absolute atomic E-state index is 0.185. The van der Waals surface area contributed by atoms with Gasteiger partial charge in [0.05, 0.1) is 24.9 Å². The molecule has 0 aliphatic carbocycles. The van der Waals surface area contributed by atoms with Crippen LogP contribution in [0.25, 0.3) is 0 Å². The Kier molecular flexibility index (Phi) is 4.55. The minimum atomic E-state index is -0.430. The average Bonchev–Trinajstić information content (AvgIpc) is 2.28. The van der Waals surface area contributed by atoms with Crippen molar-refractivity contribution in [3.63, 3.8) is 0 Å². The fourth-order valence-electron chi connectivity index (χ4n) is 1.63. The third-order valence-electron chi connectivity index (χ3n) is 2.45. The lowest BCUT2D eigenvalue weighted by Crippen LogP contribution is -2.46. The molecular weight excluding hydrogens is 232 g/mol. The first-order valence-corrected chi connectivity index (χ1v) is 5.64. The second-order valence-corrected chi connectivity index (χ2v) is 4.73. The third kappa shape index (κ3) is 3.63. The molecule has 1 aromatic rings. The molecule has 1 amide bonds. The van der Waals surface area contributed by atoms with Crippen LogP contribution in [-0.2, 0) is 4.74 Å². The monoisotopic (exact) mass is 252 g/mol. The second-order valence-electron chi connectivity index (χ2n) is 4.73. The van der Waals surface area contributed by atoms with E-state index in [1.807, 2.05) is 13.8 Å². The van der Waals surface area contributed by atoms with Crippen LogP contribution < -0.4 is 15.8 Å². The summed E-state index contributed by atoms with van der Waals surface area (Å²) < 4.78 is 10.1. The largest absolute Gasteiger partial charge is 0.495 e. The number of benzene rings is 1. The number of hydrogen-bond donors (Lipinski definition) is 2. The van der Waals surface area contributed by atoms with Crippen LogP contribution >= 0.6 is 0 Å². The molecule has 0 atom stereocenters. The zero-order valence-electron chi connectivity index (χ0n) is 11.2. The fraction of sp³-hybridized carbons (Fsp3) is 0.462. The Balaban J connectivity index is 2.85. The average molecular weight is 252 g/mol. The summed E-state index contributed by atoms with van der Waals surface area (Å²) in [6, 6.07) is 4.93. The van der Waals surface area contributed by atoms with Crippen LogP contribution in [0.1, 0.15) is 24.2 Å². The first-order chi connectivity index (χ1) is 8.39. The first kappa shape index (κ1) is 14.3. The summed E-state index contributed by atoms with van der Waals surface area (Å²) in [6.07, 6.45) is 0. The summed E-state index contributed by atoms with van der Waals surface area (Å²) >= 11 is 0. The molecule has 18 heavy (non-hydrogen) atoms. The number of rotatable bonds is 5. The van der Waals surface area contributed by atoms with Crippen LogP contribution in [-0.4, -0.2) is 32.3 Å². The van der Waals surface area contributed by atoms with Crippen molar-refractivity contribution in [1.82, 2.24) is 5.32 Å². The highest BCUT2D eigenvalue weighted by Gasteiger charge is 2.21. The van der Waals surface area contributed by atoms with Gasteiger partial charge < -0.3 is 20.5 Å². The van der Waals surface area contributed by atoms with Gasteiger partial charge in [0, 0.05) is 12.7 Å². The molecule has 0 aliphatic rings. The minimum Gasteiger partial charge on any atom is -0.495 e. The molecule has 0 heterocycles. The number of carbonyl (C=O) groups excluding carboxylic acids is 1. The van der Waals surface area contributed by atoms with E-state index in [1.165, 1.54) is 7.11 Å². The van der Waals surface area contributed by atoms with E-state index in [4.69, 9.17) is 15.2 Å². The molecule has 0 unspecified atom stereocenters. The maximum atomic E-state index is 12.1. The summed E-state index contributed by atoms with van der Waals surface area (Å²) in [5.74, 6) is 0.308. The molecular formula is C13H20N2O3. The molecule has 0 fully saturated rings. The summed E-state index contributed by atoms with van der Waals surface area (Å²) in [4.78, 5) is 12.1. The molecule has 1 rings (SSSR count). The number of nitrogens with one attached hydrogen (secondary N) is 1. The molecule has 0 aromatic heterocycles. The predicted octanol–water partition coefficient (Wildman–Crippen LogP) is 1.43. The Labute approximate surface area is 107 Å². The van der Waals surface area contributed by atoms with E-state index >= 15 is 0 Å². The summed E-state index contributed by atoms with van der Waals surface area (Å²) in [5, 5.41) is 2.88. The van der Waals surface area contributed by atoms with Crippen molar-refractivity contribution >= 4 is 11.6 Å².